The molecule has 1 aromatic rings. The molecule has 0 aliphatic heterocycles. The summed E-state index contributed by atoms with van der Waals surface area (Å²) in [7, 11) is 0. The highest BCUT2D eigenvalue weighted by Gasteiger charge is 2.21. The molecule has 0 saturated carbocycles. The number of aromatic nitrogens is 1. The molecule has 112 valence electrons. The van der Waals surface area contributed by atoms with Crippen molar-refractivity contribution < 1.29 is 14.7 Å². The van der Waals surface area contributed by atoms with Gasteiger partial charge in [0.25, 0.3) is 0 Å². The number of rotatable bonds is 7. The number of carbonyl (C=O) groups excluding carboxylic acids is 1. The third-order valence-electron chi connectivity index (χ3n) is 3.03. The van der Waals surface area contributed by atoms with Crippen LogP contribution >= 0.6 is 11.3 Å². The molecule has 1 heterocycles. The zero-order valence-corrected chi connectivity index (χ0v) is 12.9. The molecule has 0 bridgehead atoms. The molecule has 1 atom stereocenters. The average Bonchev–Trinajstić information content (AvgIpc) is 2.89. The molecule has 0 radical (unpaired) electrons. The van der Waals surface area contributed by atoms with Gasteiger partial charge in [0.1, 0.15) is 11.6 Å². The molecule has 2 amide bonds. The van der Waals surface area contributed by atoms with Crippen molar-refractivity contribution in [3.8, 4) is 0 Å². The Bertz CT molecular complexity index is 461. The minimum Gasteiger partial charge on any atom is -0.480 e. The second-order valence-electron chi connectivity index (χ2n) is 4.51. The van der Waals surface area contributed by atoms with Gasteiger partial charge < -0.3 is 15.3 Å². The van der Waals surface area contributed by atoms with Crippen LogP contribution in [0.4, 0.5) is 4.79 Å². The van der Waals surface area contributed by atoms with Gasteiger partial charge in [-0.15, -0.1) is 11.3 Å². The lowest BCUT2D eigenvalue weighted by Gasteiger charge is -2.26. The maximum Gasteiger partial charge on any atom is 0.323 e. The van der Waals surface area contributed by atoms with Gasteiger partial charge in [-0.2, -0.15) is 0 Å². The molecular formula is C13H21N3O3S. The summed E-state index contributed by atoms with van der Waals surface area (Å²) in [6, 6.07) is -0.483. The lowest BCUT2D eigenvalue weighted by atomic mass is 10.2. The van der Waals surface area contributed by atoms with E-state index < -0.39 is 5.97 Å². The molecule has 1 aromatic heterocycles. The minimum atomic E-state index is -1.01. The number of urea groups is 1. The first-order chi connectivity index (χ1) is 9.47. The largest absolute Gasteiger partial charge is 0.480 e. The van der Waals surface area contributed by atoms with Crippen LogP contribution in [0.2, 0.25) is 0 Å². The number of aliphatic carboxylic acids is 1. The van der Waals surface area contributed by atoms with Crippen LogP contribution in [0.3, 0.4) is 0 Å². The third-order valence-corrected chi connectivity index (χ3v) is 4.17. The van der Waals surface area contributed by atoms with Crippen LogP contribution in [-0.4, -0.2) is 39.6 Å². The summed E-state index contributed by atoms with van der Waals surface area (Å²) in [5, 5.41) is 12.4. The van der Waals surface area contributed by atoms with Crippen molar-refractivity contribution in [2.24, 2.45) is 0 Å². The molecule has 0 saturated heterocycles. The SMILES string of the molecule is CCc1cnc(CNC(=O)N(CC(=O)O)C(C)CC)s1. The van der Waals surface area contributed by atoms with Gasteiger partial charge in [0.05, 0.1) is 6.54 Å². The normalized spacial score (nSPS) is 11.9. The Morgan fingerprint density at radius 2 is 2.20 bits per heavy atom. The van der Waals surface area contributed by atoms with E-state index in [1.807, 2.05) is 20.8 Å². The first-order valence-electron chi connectivity index (χ1n) is 6.67. The number of aryl methyl sites for hydroxylation is 1. The number of thiazole rings is 1. The number of carboxylic acid groups (broad SMARTS) is 1. The number of carbonyl (C=O) groups is 2. The highest BCUT2D eigenvalue weighted by molar-refractivity contribution is 7.11. The lowest BCUT2D eigenvalue weighted by molar-refractivity contribution is -0.138. The van der Waals surface area contributed by atoms with Crippen molar-refractivity contribution in [2.45, 2.75) is 46.2 Å². The number of carboxylic acids is 1. The predicted octanol–water partition coefficient (Wildman–Crippen LogP) is 2.10. The van der Waals surface area contributed by atoms with E-state index in [0.29, 0.717) is 13.0 Å². The Morgan fingerprint density at radius 3 is 2.70 bits per heavy atom. The van der Waals surface area contributed by atoms with E-state index >= 15 is 0 Å². The Kier molecular flexibility index (Phi) is 6.44. The number of amides is 2. The summed E-state index contributed by atoms with van der Waals surface area (Å²) >= 11 is 1.55. The monoisotopic (exact) mass is 299 g/mol. The third kappa shape index (κ3) is 4.80. The van der Waals surface area contributed by atoms with E-state index in [2.05, 4.69) is 10.3 Å². The minimum absolute atomic E-state index is 0.117. The van der Waals surface area contributed by atoms with Crippen molar-refractivity contribution >= 4 is 23.3 Å². The summed E-state index contributed by atoms with van der Waals surface area (Å²) < 4.78 is 0. The van der Waals surface area contributed by atoms with Gasteiger partial charge in [0.2, 0.25) is 0 Å². The number of hydrogen-bond donors (Lipinski definition) is 2. The van der Waals surface area contributed by atoms with E-state index in [0.717, 1.165) is 11.4 Å². The molecule has 0 aromatic carbocycles. The molecule has 1 unspecified atom stereocenters. The van der Waals surface area contributed by atoms with Crippen LogP contribution in [0, 0.1) is 0 Å². The van der Waals surface area contributed by atoms with E-state index in [9.17, 15) is 9.59 Å². The fourth-order valence-electron chi connectivity index (χ4n) is 1.64. The smallest absolute Gasteiger partial charge is 0.323 e. The second kappa shape index (κ2) is 7.84. The van der Waals surface area contributed by atoms with Crippen LogP contribution in [0.1, 0.15) is 37.1 Å². The van der Waals surface area contributed by atoms with Crippen molar-refractivity contribution in [1.82, 2.24) is 15.2 Å². The fraction of sp³-hybridized carbons (Fsp3) is 0.615. The summed E-state index contributed by atoms with van der Waals surface area (Å²) in [5.74, 6) is -1.01. The van der Waals surface area contributed by atoms with E-state index in [1.165, 1.54) is 9.78 Å². The second-order valence-corrected chi connectivity index (χ2v) is 5.71. The molecule has 2 N–H and O–H groups in total. The summed E-state index contributed by atoms with van der Waals surface area (Å²) in [6.45, 7) is 5.84. The Labute approximate surface area is 122 Å². The molecule has 6 nitrogen and oxygen atoms in total. The van der Waals surface area contributed by atoms with Crippen LogP contribution in [0.25, 0.3) is 0 Å². The highest BCUT2D eigenvalue weighted by atomic mass is 32.1. The van der Waals surface area contributed by atoms with Gasteiger partial charge in [-0.3, -0.25) is 4.79 Å². The maximum atomic E-state index is 12.1. The molecule has 0 fully saturated rings. The molecule has 20 heavy (non-hydrogen) atoms. The molecule has 7 heteroatoms. The Balaban J connectivity index is 2.59. The van der Waals surface area contributed by atoms with Gasteiger partial charge in [-0.05, 0) is 19.8 Å². The van der Waals surface area contributed by atoms with Crippen molar-refractivity contribution in [3.63, 3.8) is 0 Å². The highest BCUT2D eigenvalue weighted by Crippen LogP contribution is 2.13. The van der Waals surface area contributed by atoms with Gasteiger partial charge in [0, 0.05) is 17.1 Å². The van der Waals surface area contributed by atoms with Crippen molar-refractivity contribution in [2.75, 3.05) is 6.54 Å². The zero-order valence-electron chi connectivity index (χ0n) is 12.0. The van der Waals surface area contributed by atoms with Gasteiger partial charge in [-0.25, -0.2) is 9.78 Å². The van der Waals surface area contributed by atoms with E-state index in [4.69, 9.17) is 5.11 Å². The summed E-state index contributed by atoms with van der Waals surface area (Å²) in [4.78, 5) is 29.6. The molecule has 0 aliphatic carbocycles. The van der Waals surface area contributed by atoms with Gasteiger partial charge in [-0.1, -0.05) is 13.8 Å². The lowest BCUT2D eigenvalue weighted by Crippen LogP contribution is -2.47. The van der Waals surface area contributed by atoms with E-state index in [-0.39, 0.29) is 18.6 Å². The van der Waals surface area contributed by atoms with Gasteiger partial charge in [0.15, 0.2) is 0 Å². The maximum absolute atomic E-state index is 12.1. The van der Waals surface area contributed by atoms with Crippen LogP contribution in [0.5, 0.6) is 0 Å². The fourth-order valence-corrected chi connectivity index (χ4v) is 2.44. The van der Waals surface area contributed by atoms with Crippen molar-refractivity contribution in [3.05, 3.63) is 16.1 Å². The van der Waals surface area contributed by atoms with Crippen LogP contribution in [0.15, 0.2) is 6.20 Å². The molecule has 0 spiro atoms. The standard InChI is InChI=1S/C13H21N3O3S/c1-4-9(3)16(8-12(17)18)13(19)15-7-11-14-6-10(5-2)20-11/h6,9H,4-5,7-8H2,1-3H3,(H,15,19)(H,17,18). The first-order valence-corrected chi connectivity index (χ1v) is 7.49. The number of hydrogen-bond acceptors (Lipinski definition) is 4. The zero-order chi connectivity index (χ0) is 15.1. The summed E-state index contributed by atoms with van der Waals surface area (Å²) in [6.07, 6.45) is 3.43. The molecular weight excluding hydrogens is 278 g/mol. The van der Waals surface area contributed by atoms with Crippen LogP contribution in [-0.2, 0) is 17.8 Å². The van der Waals surface area contributed by atoms with E-state index in [1.54, 1.807) is 17.5 Å². The first kappa shape index (κ1) is 16.4. The predicted molar refractivity (Wildman–Crippen MR) is 77.8 cm³/mol. The van der Waals surface area contributed by atoms with Crippen molar-refractivity contribution in [1.29, 1.82) is 0 Å². The molecule has 0 aliphatic rings. The Hall–Kier alpha value is -1.63. The topological polar surface area (TPSA) is 82.5 Å². The Morgan fingerprint density at radius 1 is 1.50 bits per heavy atom. The number of nitrogens with one attached hydrogen (secondary N) is 1. The average molecular weight is 299 g/mol. The quantitative estimate of drug-likeness (QED) is 0.807. The van der Waals surface area contributed by atoms with Gasteiger partial charge >= 0.3 is 12.0 Å². The van der Waals surface area contributed by atoms with Crippen LogP contribution < -0.4 is 5.32 Å². The molecule has 1 rings (SSSR count). The summed E-state index contributed by atoms with van der Waals surface area (Å²) in [5.41, 5.74) is 0. The number of nitrogens with zero attached hydrogens (tertiary/aromatic N) is 2.